The molecule has 0 bridgehead atoms. The molecule has 0 radical (unpaired) electrons. The summed E-state index contributed by atoms with van der Waals surface area (Å²) in [7, 11) is 0. The summed E-state index contributed by atoms with van der Waals surface area (Å²) in [5.41, 5.74) is 3.01. The van der Waals surface area contributed by atoms with Gasteiger partial charge in [0.25, 0.3) is 0 Å². The van der Waals surface area contributed by atoms with Crippen LogP contribution in [0.3, 0.4) is 0 Å². The summed E-state index contributed by atoms with van der Waals surface area (Å²) in [5.74, 6) is 0.766. The third-order valence-corrected chi connectivity index (χ3v) is 5.29. The second kappa shape index (κ2) is 8.90. The Labute approximate surface area is 169 Å². The van der Waals surface area contributed by atoms with Crippen LogP contribution in [0.5, 0.6) is 5.75 Å². The number of carbonyl (C=O) groups excluding carboxylic acids is 1. The number of hydrogen-bond donors (Lipinski definition) is 1. The number of aromatic amines is 1. The molecule has 0 saturated carbocycles. The maximum absolute atomic E-state index is 12.9. The number of rotatable bonds is 7. The van der Waals surface area contributed by atoms with Gasteiger partial charge in [-0.3, -0.25) is 9.89 Å². The summed E-state index contributed by atoms with van der Waals surface area (Å²) >= 11 is 0. The highest BCUT2D eigenvalue weighted by Crippen LogP contribution is 2.27. The van der Waals surface area contributed by atoms with Crippen LogP contribution < -0.4 is 4.74 Å². The van der Waals surface area contributed by atoms with Gasteiger partial charge in [-0.15, -0.1) is 0 Å². The molecule has 2 aromatic carbocycles. The van der Waals surface area contributed by atoms with Gasteiger partial charge in [-0.2, -0.15) is 5.10 Å². The number of aryl methyl sites for hydroxylation is 1. The second-order valence-electron chi connectivity index (χ2n) is 7.37. The van der Waals surface area contributed by atoms with Crippen molar-refractivity contribution >= 4 is 5.91 Å². The Morgan fingerprint density at radius 2 is 1.97 bits per heavy atom. The lowest BCUT2D eigenvalue weighted by Gasteiger charge is -2.16. The Hall–Kier alpha value is -3.15. The lowest BCUT2D eigenvalue weighted by molar-refractivity contribution is -0.130. The highest BCUT2D eigenvalue weighted by molar-refractivity contribution is 5.76. The molecular formula is C23H24FN3O2. The zero-order valence-electron chi connectivity index (χ0n) is 16.2. The van der Waals surface area contributed by atoms with Gasteiger partial charge in [-0.05, 0) is 48.7 Å². The van der Waals surface area contributed by atoms with Crippen molar-refractivity contribution in [1.82, 2.24) is 15.1 Å². The molecule has 0 spiro atoms. The molecule has 5 nitrogen and oxygen atoms in total. The number of carbonyl (C=O) groups is 1. The Balaban J connectivity index is 1.26. The molecule has 1 aromatic heterocycles. The monoisotopic (exact) mass is 393 g/mol. The summed E-state index contributed by atoms with van der Waals surface area (Å²) in [4.78, 5) is 14.5. The fourth-order valence-electron chi connectivity index (χ4n) is 3.64. The van der Waals surface area contributed by atoms with Crippen molar-refractivity contribution in [3.8, 4) is 5.75 Å². The van der Waals surface area contributed by atoms with E-state index in [0.29, 0.717) is 25.3 Å². The van der Waals surface area contributed by atoms with Gasteiger partial charge in [-0.25, -0.2) is 4.39 Å². The third kappa shape index (κ3) is 5.02. The van der Waals surface area contributed by atoms with E-state index in [2.05, 4.69) is 22.3 Å². The Morgan fingerprint density at radius 1 is 1.17 bits per heavy atom. The Morgan fingerprint density at radius 3 is 2.76 bits per heavy atom. The van der Waals surface area contributed by atoms with Crippen LogP contribution in [0.2, 0.25) is 0 Å². The molecule has 3 aromatic rings. The Kier molecular flexibility index (Phi) is 5.89. The largest absolute Gasteiger partial charge is 0.487 e. The van der Waals surface area contributed by atoms with Crippen molar-refractivity contribution in [1.29, 1.82) is 0 Å². The second-order valence-corrected chi connectivity index (χ2v) is 7.37. The number of aromatic nitrogens is 2. The van der Waals surface area contributed by atoms with E-state index in [9.17, 15) is 9.18 Å². The zero-order chi connectivity index (χ0) is 20.1. The predicted molar refractivity (Wildman–Crippen MR) is 108 cm³/mol. The van der Waals surface area contributed by atoms with E-state index in [1.165, 1.54) is 17.7 Å². The third-order valence-electron chi connectivity index (χ3n) is 5.29. The number of nitrogens with zero attached hydrogens (tertiary/aromatic N) is 2. The van der Waals surface area contributed by atoms with Crippen molar-refractivity contribution in [3.63, 3.8) is 0 Å². The van der Waals surface area contributed by atoms with Gasteiger partial charge < -0.3 is 9.64 Å². The number of halogens is 1. The van der Waals surface area contributed by atoms with E-state index in [1.807, 2.05) is 29.2 Å². The van der Waals surface area contributed by atoms with Crippen LogP contribution in [-0.4, -0.2) is 34.1 Å². The van der Waals surface area contributed by atoms with Gasteiger partial charge >= 0.3 is 0 Å². The summed E-state index contributed by atoms with van der Waals surface area (Å²) in [5, 5.41) is 7.41. The van der Waals surface area contributed by atoms with Gasteiger partial charge in [0, 0.05) is 25.4 Å². The van der Waals surface area contributed by atoms with Crippen molar-refractivity contribution in [2.24, 2.45) is 0 Å². The van der Waals surface area contributed by atoms with Crippen LogP contribution in [0.4, 0.5) is 4.39 Å². The number of amides is 1. The van der Waals surface area contributed by atoms with Crippen molar-refractivity contribution in [2.45, 2.75) is 31.8 Å². The van der Waals surface area contributed by atoms with Crippen molar-refractivity contribution in [3.05, 3.63) is 83.4 Å². The molecule has 1 amide bonds. The molecule has 29 heavy (non-hydrogen) atoms. The normalized spacial score (nSPS) is 16.2. The van der Waals surface area contributed by atoms with Gasteiger partial charge in [0.15, 0.2) is 0 Å². The number of H-pyrrole nitrogens is 1. The molecule has 2 heterocycles. The number of benzene rings is 2. The van der Waals surface area contributed by atoms with Gasteiger partial charge in [0.1, 0.15) is 18.2 Å². The first-order chi connectivity index (χ1) is 14.2. The minimum absolute atomic E-state index is 0.201. The van der Waals surface area contributed by atoms with Gasteiger partial charge in [0.2, 0.25) is 5.91 Å². The first-order valence-corrected chi connectivity index (χ1v) is 9.91. The van der Waals surface area contributed by atoms with E-state index < -0.39 is 0 Å². The molecule has 1 N–H and O–H groups in total. The van der Waals surface area contributed by atoms with E-state index >= 15 is 0 Å². The first kappa shape index (κ1) is 19.2. The molecule has 6 heteroatoms. The lowest BCUT2D eigenvalue weighted by Crippen LogP contribution is -2.28. The van der Waals surface area contributed by atoms with E-state index in [0.717, 1.165) is 30.8 Å². The predicted octanol–water partition coefficient (Wildman–Crippen LogP) is 4.08. The lowest BCUT2D eigenvalue weighted by atomic mass is 10.1. The Bertz CT molecular complexity index is 940. The highest BCUT2D eigenvalue weighted by Gasteiger charge is 2.28. The fraction of sp³-hybridized carbons (Fsp3) is 0.304. The molecule has 1 aliphatic rings. The maximum Gasteiger partial charge on any atom is 0.222 e. The molecule has 1 aliphatic heterocycles. The topological polar surface area (TPSA) is 58.2 Å². The van der Waals surface area contributed by atoms with Crippen LogP contribution >= 0.6 is 0 Å². The SMILES string of the molecule is O=C(CCc1ccccc1)N1CCC(c2cc(COc3ccc(F)cc3)[nH]n2)C1. The average molecular weight is 393 g/mol. The molecule has 4 rings (SSSR count). The molecule has 1 unspecified atom stereocenters. The average Bonchev–Trinajstić information content (AvgIpc) is 3.42. The van der Waals surface area contributed by atoms with E-state index in [1.54, 1.807) is 12.1 Å². The molecule has 150 valence electrons. The first-order valence-electron chi connectivity index (χ1n) is 9.91. The van der Waals surface area contributed by atoms with Gasteiger partial charge in [-0.1, -0.05) is 30.3 Å². The van der Waals surface area contributed by atoms with Crippen molar-refractivity contribution in [2.75, 3.05) is 13.1 Å². The molecule has 1 atom stereocenters. The molecule has 1 saturated heterocycles. The smallest absolute Gasteiger partial charge is 0.222 e. The minimum Gasteiger partial charge on any atom is -0.487 e. The number of hydrogen-bond acceptors (Lipinski definition) is 3. The highest BCUT2D eigenvalue weighted by atomic mass is 19.1. The van der Waals surface area contributed by atoms with Crippen LogP contribution in [0.15, 0.2) is 60.7 Å². The number of likely N-dealkylation sites (tertiary alicyclic amines) is 1. The maximum atomic E-state index is 12.9. The minimum atomic E-state index is -0.287. The molecule has 0 aliphatic carbocycles. The van der Waals surface area contributed by atoms with Crippen LogP contribution in [0.1, 0.15) is 35.7 Å². The van der Waals surface area contributed by atoms with Crippen molar-refractivity contribution < 1.29 is 13.9 Å². The number of nitrogens with one attached hydrogen (secondary N) is 1. The van der Waals surface area contributed by atoms with Crippen LogP contribution in [0, 0.1) is 5.82 Å². The fourth-order valence-corrected chi connectivity index (χ4v) is 3.64. The molecular weight excluding hydrogens is 369 g/mol. The van der Waals surface area contributed by atoms with E-state index in [4.69, 9.17) is 4.74 Å². The standard InChI is InChI=1S/C23H24FN3O2/c24-19-7-9-21(10-8-19)29-16-20-14-22(26-25-20)18-12-13-27(15-18)23(28)11-6-17-4-2-1-3-5-17/h1-5,7-10,14,18H,6,11-13,15-16H2,(H,25,26). The number of ether oxygens (including phenoxy) is 1. The summed E-state index contributed by atoms with van der Waals surface area (Å²) < 4.78 is 18.6. The van der Waals surface area contributed by atoms with Crippen LogP contribution in [0.25, 0.3) is 0 Å². The summed E-state index contributed by atoms with van der Waals surface area (Å²) in [6.07, 6.45) is 2.22. The summed E-state index contributed by atoms with van der Waals surface area (Å²) in [6, 6.07) is 18.0. The molecule has 1 fully saturated rings. The summed E-state index contributed by atoms with van der Waals surface area (Å²) in [6.45, 7) is 1.81. The van der Waals surface area contributed by atoms with Gasteiger partial charge in [0.05, 0.1) is 11.4 Å². The van der Waals surface area contributed by atoms with E-state index in [-0.39, 0.29) is 17.6 Å². The van der Waals surface area contributed by atoms with Crippen LogP contribution in [-0.2, 0) is 17.8 Å². The quantitative estimate of drug-likeness (QED) is 0.658. The zero-order valence-corrected chi connectivity index (χ0v) is 16.2.